The molecule has 0 aromatic rings. The largest absolute Gasteiger partial charge is 0.466 e. The molecule has 0 bridgehead atoms. The van der Waals surface area contributed by atoms with Crippen molar-refractivity contribution in [2.24, 2.45) is 11.0 Å². The number of rotatable bonds is 6. The lowest BCUT2D eigenvalue weighted by molar-refractivity contribution is -0.148. The van der Waals surface area contributed by atoms with Crippen molar-refractivity contribution in [1.29, 1.82) is 0 Å². The lowest BCUT2D eigenvalue weighted by atomic mass is 9.96. The highest BCUT2D eigenvalue weighted by atomic mass is 35.5. The van der Waals surface area contributed by atoms with Crippen molar-refractivity contribution >= 4 is 29.2 Å². The number of carbonyl (C=O) groups excluding carboxylic acids is 1. The number of halogens is 5. The molecule has 0 aromatic carbocycles. The summed E-state index contributed by atoms with van der Waals surface area (Å²) in [5, 5.41) is -5.29. The van der Waals surface area contributed by atoms with E-state index in [9.17, 15) is 18.0 Å². The van der Waals surface area contributed by atoms with Gasteiger partial charge in [-0.15, -0.1) is 0 Å². The Bertz CT molecular complexity index is 356. The zero-order valence-electron chi connectivity index (χ0n) is 9.41. The first-order chi connectivity index (χ1) is 8.09. The number of nitrogens with zero attached hydrogens (tertiary/aromatic N) is 3. The van der Waals surface area contributed by atoms with E-state index < -0.39 is 28.4 Å². The molecular formula is C8H10Cl2F3N3O2. The van der Waals surface area contributed by atoms with Crippen molar-refractivity contribution in [2.75, 3.05) is 6.61 Å². The number of ether oxygens (including phenoxy) is 1. The van der Waals surface area contributed by atoms with Gasteiger partial charge in [-0.25, -0.2) is 4.39 Å². The number of hydrogen-bond donors (Lipinski definition) is 0. The van der Waals surface area contributed by atoms with Crippen molar-refractivity contribution in [3.05, 3.63) is 10.4 Å². The van der Waals surface area contributed by atoms with E-state index in [0.717, 1.165) is 6.92 Å². The van der Waals surface area contributed by atoms with Gasteiger partial charge < -0.3 is 4.74 Å². The fourth-order valence-electron chi connectivity index (χ4n) is 1.09. The van der Waals surface area contributed by atoms with Crippen LogP contribution in [0.4, 0.5) is 13.2 Å². The fourth-order valence-corrected chi connectivity index (χ4v) is 1.38. The average molecular weight is 308 g/mol. The van der Waals surface area contributed by atoms with E-state index in [-0.39, 0.29) is 6.61 Å². The van der Waals surface area contributed by atoms with Crippen LogP contribution >= 0.6 is 23.2 Å². The third-order valence-corrected chi connectivity index (χ3v) is 3.08. The lowest BCUT2D eigenvalue weighted by Crippen LogP contribution is -2.47. The first-order valence-electron chi connectivity index (χ1n) is 4.75. The van der Waals surface area contributed by atoms with Gasteiger partial charge in [-0.05, 0) is 24.1 Å². The zero-order chi connectivity index (χ0) is 14.6. The summed E-state index contributed by atoms with van der Waals surface area (Å²) in [6, 6.07) is -1.85. The maximum atomic E-state index is 13.7. The molecule has 5 nitrogen and oxygen atoms in total. The normalized spacial score (nSPS) is 18.2. The summed E-state index contributed by atoms with van der Waals surface area (Å²) in [5.41, 5.74) is 8.24. The summed E-state index contributed by atoms with van der Waals surface area (Å²) >= 11 is 9.52. The van der Waals surface area contributed by atoms with Gasteiger partial charge in [-0.3, -0.25) is 4.79 Å². The molecule has 104 valence electrons. The van der Waals surface area contributed by atoms with E-state index in [0.29, 0.717) is 0 Å². The minimum Gasteiger partial charge on any atom is -0.466 e. The van der Waals surface area contributed by atoms with E-state index in [4.69, 9.17) is 17.1 Å². The molecule has 0 heterocycles. The van der Waals surface area contributed by atoms with Gasteiger partial charge in [-0.1, -0.05) is 23.6 Å². The van der Waals surface area contributed by atoms with Crippen molar-refractivity contribution < 1.29 is 22.7 Å². The summed E-state index contributed by atoms with van der Waals surface area (Å²) in [7, 11) is 0. The molecule has 10 heteroatoms. The molecule has 0 amide bonds. The van der Waals surface area contributed by atoms with Crippen LogP contribution in [0.3, 0.4) is 0 Å². The molecule has 0 N–H and O–H groups in total. The van der Waals surface area contributed by atoms with Crippen molar-refractivity contribution in [1.82, 2.24) is 0 Å². The van der Waals surface area contributed by atoms with Gasteiger partial charge in [0.15, 0.2) is 0 Å². The lowest BCUT2D eigenvalue weighted by Gasteiger charge is -2.31. The van der Waals surface area contributed by atoms with Crippen LogP contribution in [-0.2, 0) is 9.53 Å². The smallest absolute Gasteiger partial charge is 0.369 e. The second kappa shape index (κ2) is 6.36. The fraction of sp³-hybridized carbons (Fsp3) is 0.875. The Labute approximate surface area is 111 Å². The topological polar surface area (TPSA) is 75.1 Å². The summed E-state index contributed by atoms with van der Waals surface area (Å²) in [4.78, 5) is 13.6. The standard InChI is InChI=1S/C8H10Cl2F3N3O2/c1-3-18-6(17)5(15-16-14)4(2)7(9,11)8(10,12)13/h4-5H,3H2,1-2H3. The van der Waals surface area contributed by atoms with Gasteiger partial charge in [0.1, 0.15) is 6.04 Å². The first kappa shape index (κ1) is 17.2. The van der Waals surface area contributed by atoms with Crippen LogP contribution in [0.5, 0.6) is 0 Å². The Morgan fingerprint density at radius 2 is 2.00 bits per heavy atom. The monoisotopic (exact) mass is 307 g/mol. The van der Waals surface area contributed by atoms with Gasteiger partial charge >= 0.3 is 11.4 Å². The number of esters is 1. The van der Waals surface area contributed by atoms with Crippen LogP contribution < -0.4 is 0 Å². The third-order valence-electron chi connectivity index (χ3n) is 2.13. The highest BCUT2D eigenvalue weighted by Crippen LogP contribution is 2.46. The molecule has 0 aliphatic rings. The Kier molecular flexibility index (Phi) is 6.06. The van der Waals surface area contributed by atoms with Gasteiger partial charge in [0.2, 0.25) is 0 Å². The number of carbonyl (C=O) groups is 1. The van der Waals surface area contributed by atoms with Crippen LogP contribution in [0.2, 0.25) is 0 Å². The van der Waals surface area contributed by atoms with E-state index in [2.05, 4.69) is 26.4 Å². The molecule has 0 saturated heterocycles. The number of azide groups is 1. The van der Waals surface area contributed by atoms with Crippen molar-refractivity contribution in [2.45, 2.75) is 30.4 Å². The van der Waals surface area contributed by atoms with Gasteiger partial charge in [0.25, 0.3) is 5.13 Å². The summed E-state index contributed by atoms with van der Waals surface area (Å²) in [6.45, 7) is 2.21. The average Bonchev–Trinajstić information content (AvgIpc) is 2.23. The summed E-state index contributed by atoms with van der Waals surface area (Å²) in [5.74, 6) is -3.05. The molecule has 0 rings (SSSR count). The molecule has 0 aliphatic carbocycles. The van der Waals surface area contributed by atoms with Crippen LogP contribution in [0.25, 0.3) is 10.4 Å². The van der Waals surface area contributed by atoms with E-state index >= 15 is 0 Å². The molecule has 0 fully saturated rings. The van der Waals surface area contributed by atoms with Crippen LogP contribution in [0.1, 0.15) is 13.8 Å². The molecule has 0 saturated carbocycles. The van der Waals surface area contributed by atoms with Crippen molar-refractivity contribution in [3.8, 4) is 0 Å². The minimum atomic E-state index is -4.44. The zero-order valence-corrected chi connectivity index (χ0v) is 10.9. The molecule has 0 aliphatic heterocycles. The summed E-state index contributed by atoms with van der Waals surface area (Å²) in [6.07, 6.45) is 0. The Hall–Kier alpha value is -0.850. The Balaban J connectivity index is 5.27. The second-order valence-corrected chi connectivity index (χ2v) is 4.34. The Morgan fingerprint density at radius 3 is 2.33 bits per heavy atom. The van der Waals surface area contributed by atoms with Crippen molar-refractivity contribution in [3.63, 3.8) is 0 Å². The maximum absolute atomic E-state index is 13.7. The molecule has 3 atom stereocenters. The number of hydrogen-bond acceptors (Lipinski definition) is 3. The predicted molar refractivity (Wildman–Crippen MR) is 59.2 cm³/mol. The highest BCUT2D eigenvalue weighted by Gasteiger charge is 2.59. The molecule has 0 radical (unpaired) electrons. The quantitative estimate of drug-likeness (QED) is 0.247. The molecule has 0 aromatic heterocycles. The second-order valence-electron chi connectivity index (χ2n) is 3.31. The minimum absolute atomic E-state index is 0.0954. The molecule has 18 heavy (non-hydrogen) atoms. The highest BCUT2D eigenvalue weighted by molar-refractivity contribution is 6.32. The third kappa shape index (κ3) is 3.83. The van der Waals surface area contributed by atoms with E-state index in [1.807, 2.05) is 0 Å². The SMILES string of the molecule is CCOC(=O)C(N=[N+]=[N-])C(C)C(F)(Cl)C(F)(F)Cl. The van der Waals surface area contributed by atoms with E-state index in [1.165, 1.54) is 6.92 Å². The molecular weight excluding hydrogens is 298 g/mol. The summed E-state index contributed by atoms with van der Waals surface area (Å²) < 4.78 is 43.7. The van der Waals surface area contributed by atoms with Crippen LogP contribution in [0.15, 0.2) is 5.11 Å². The van der Waals surface area contributed by atoms with Gasteiger partial charge in [0, 0.05) is 10.8 Å². The Morgan fingerprint density at radius 1 is 1.50 bits per heavy atom. The van der Waals surface area contributed by atoms with Crippen LogP contribution in [-0.4, -0.2) is 29.1 Å². The van der Waals surface area contributed by atoms with Gasteiger partial charge in [0.05, 0.1) is 6.61 Å². The maximum Gasteiger partial charge on any atom is 0.369 e. The number of alkyl halides is 5. The predicted octanol–water partition coefficient (Wildman–Crippen LogP) is 3.60. The van der Waals surface area contributed by atoms with Crippen LogP contribution in [0, 0.1) is 5.92 Å². The van der Waals surface area contributed by atoms with Gasteiger partial charge in [-0.2, -0.15) is 8.78 Å². The molecule has 0 spiro atoms. The van der Waals surface area contributed by atoms with E-state index in [1.54, 1.807) is 0 Å². The molecule has 3 unspecified atom stereocenters. The first-order valence-corrected chi connectivity index (χ1v) is 5.50.